The first-order chi connectivity index (χ1) is 11.1. The fourth-order valence-corrected chi connectivity index (χ4v) is 3.98. The zero-order valence-corrected chi connectivity index (χ0v) is 15.6. The van der Waals surface area contributed by atoms with E-state index in [-0.39, 0.29) is 6.61 Å². The zero-order valence-electron chi connectivity index (χ0n) is 14.0. The Labute approximate surface area is 144 Å². The number of hydrogen-bond acceptors (Lipinski definition) is 6. The monoisotopic (exact) mass is 376 g/mol. The molecule has 0 aliphatic heterocycles. The molecule has 0 atom stereocenters. The van der Waals surface area contributed by atoms with E-state index >= 15 is 0 Å². The maximum atomic E-state index is 11.1. The molecule has 2 rings (SSSR count). The predicted molar refractivity (Wildman–Crippen MR) is 92.0 cm³/mol. The highest BCUT2D eigenvalue weighted by molar-refractivity contribution is 7.86. The minimum atomic E-state index is -3.50. The normalized spacial score (nSPS) is 22.2. The SMILES string of the molecule is CS(=O)(=O)OCC[C@H]1CC[C@H](c2ccc(OS(C)(=O)=O)cc2)CC1. The molecule has 0 N–H and O–H groups in total. The minimum Gasteiger partial charge on any atom is -0.383 e. The van der Waals surface area contributed by atoms with Crippen LogP contribution in [0.15, 0.2) is 24.3 Å². The summed E-state index contributed by atoms with van der Waals surface area (Å²) in [5.74, 6) is 1.27. The van der Waals surface area contributed by atoms with E-state index in [1.165, 1.54) is 5.56 Å². The van der Waals surface area contributed by atoms with Crippen LogP contribution < -0.4 is 4.18 Å². The van der Waals surface area contributed by atoms with Crippen molar-refractivity contribution in [2.24, 2.45) is 5.92 Å². The second-order valence-electron chi connectivity index (χ2n) is 6.39. The maximum Gasteiger partial charge on any atom is 0.306 e. The van der Waals surface area contributed by atoms with Gasteiger partial charge in [0.15, 0.2) is 0 Å². The summed E-state index contributed by atoms with van der Waals surface area (Å²) in [7, 11) is -6.85. The van der Waals surface area contributed by atoms with Crippen LogP contribution in [0.2, 0.25) is 0 Å². The van der Waals surface area contributed by atoms with Gasteiger partial charge in [-0.05, 0) is 61.6 Å². The van der Waals surface area contributed by atoms with E-state index in [4.69, 9.17) is 8.37 Å². The number of rotatable bonds is 7. The Morgan fingerprint density at radius 1 is 0.917 bits per heavy atom. The highest BCUT2D eigenvalue weighted by Gasteiger charge is 2.22. The van der Waals surface area contributed by atoms with Gasteiger partial charge in [0.2, 0.25) is 0 Å². The number of benzene rings is 1. The first-order valence-electron chi connectivity index (χ1n) is 7.96. The average molecular weight is 376 g/mol. The summed E-state index contributed by atoms with van der Waals surface area (Å²) in [5, 5.41) is 0. The molecule has 0 bridgehead atoms. The number of hydrogen-bond donors (Lipinski definition) is 0. The van der Waals surface area contributed by atoms with E-state index in [1.807, 2.05) is 12.1 Å². The lowest BCUT2D eigenvalue weighted by Crippen LogP contribution is -2.16. The lowest BCUT2D eigenvalue weighted by Gasteiger charge is -2.28. The molecule has 1 aromatic carbocycles. The van der Waals surface area contributed by atoms with Gasteiger partial charge >= 0.3 is 10.1 Å². The van der Waals surface area contributed by atoms with Crippen LogP contribution in [-0.4, -0.2) is 36.0 Å². The standard InChI is InChI=1S/C16H24O6S2/c1-23(17,18)21-12-11-13-3-5-14(6-4-13)15-7-9-16(10-8-15)22-24(2,19)20/h7-10,13-14H,3-6,11-12H2,1-2H3/t13-,14-. The van der Waals surface area contributed by atoms with Crippen LogP contribution in [-0.2, 0) is 24.4 Å². The van der Waals surface area contributed by atoms with Gasteiger partial charge in [0.1, 0.15) is 5.75 Å². The van der Waals surface area contributed by atoms with Crippen molar-refractivity contribution in [3.8, 4) is 5.75 Å². The smallest absolute Gasteiger partial charge is 0.306 e. The lowest BCUT2D eigenvalue weighted by molar-refractivity contribution is 0.242. The molecule has 1 aliphatic carbocycles. The molecule has 0 amide bonds. The predicted octanol–water partition coefficient (Wildman–Crippen LogP) is 2.67. The van der Waals surface area contributed by atoms with Gasteiger partial charge in [0, 0.05) is 0 Å². The van der Waals surface area contributed by atoms with Crippen LogP contribution in [0.5, 0.6) is 5.75 Å². The molecule has 0 unspecified atom stereocenters. The van der Waals surface area contributed by atoms with Crippen molar-refractivity contribution >= 4 is 20.2 Å². The fraction of sp³-hybridized carbons (Fsp3) is 0.625. The summed E-state index contributed by atoms with van der Waals surface area (Å²) in [6.45, 7) is 0.256. The molecule has 24 heavy (non-hydrogen) atoms. The molecule has 0 heterocycles. The third-order valence-corrected chi connectivity index (χ3v) is 5.36. The molecule has 0 aromatic heterocycles. The Hall–Kier alpha value is -1.12. The Balaban J connectivity index is 1.81. The van der Waals surface area contributed by atoms with Gasteiger partial charge in [-0.3, -0.25) is 4.18 Å². The Kier molecular flexibility index (Phi) is 6.28. The van der Waals surface area contributed by atoms with Crippen LogP contribution in [0.4, 0.5) is 0 Å². The molecule has 6 nitrogen and oxygen atoms in total. The van der Waals surface area contributed by atoms with E-state index in [2.05, 4.69) is 0 Å². The van der Waals surface area contributed by atoms with Crippen molar-refractivity contribution in [1.29, 1.82) is 0 Å². The van der Waals surface area contributed by atoms with E-state index in [0.717, 1.165) is 44.6 Å². The van der Waals surface area contributed by atoms with Crippen molar-refractivity contribution in [2.45, 2.75) is 38.0 Å². The van der Waals surface area contributed by atoms with Gasteiger partial charge in [-0.2, -0.15) is 16.8 Å². The Morgan fingerprint density at radius 2 is 1.50 bits per heavy atom. The van der Waals surface area contributed by atoms with Crippen LogP contribution in [0, 0.1) is 5.92 Å². The van der Waals surface area contributed by atoms with E-state index < -0.39 is 20.2 Å². The Bertz CT molecular complexity index is 729. The maximum absolute atomic E-state index is 11.1. The summed E-state index contributed by atoms with van der Waals surface area (Å²) in [6, 6.07) is 7.20. The third kappa shape index (κ3) is 6.78. The Morgan fingerprint density at radius 3 is 2.00 bits per heavy atom. The van der Waals surface area contributed by atoms with Gasteiger partial charge in [0.05, 0.1) is 19.1 Å². The van der Waals surface area contributed by atoms with Gasteiger partial charge in [0.25, 0.3) is 10.1 Å². The lowest BCUT2D eigenvalue weighted by atomic mass is 9.78. The molecule has 136 valence electrons. The second-order valence-corrected chi connectivity index (χ2v) is 9.61. The van der Waals surface area contributed by atoms with Crippen molar-refractivity contribution in [2.75, 3.05) is 19.1 Å². The van der Waals surface area contributed by atoms with Gasteiger partial charge < -0.3 is 4.18 Å². The van der Waals surface area contributed by atoms with Crippen molar-refractivity contribution < 1.29 is 25.2 Å². The highest BCUT2D eigenvalue weighted by atomic mass is 32.2. The van der Waals surface area contributed by atoms with E-state index in [9.17, 15) is 16.8 Å². The topological polar surface area (TPSA) is 86.7 Å². The molecule has 0 radical (unpaired) electrons. The molecule has 1 fully saturated rings. The molecular weight excluding hydrogens is 352 g/mol. The molecule has 1 saturated carbocycles. The zero-order chi connectivity index (χ0) is 17.8. The molecule has 1 aromatic rings. The highest BCUT2D eigenvalue weighted by Crippen LogP contribution is 2.37. The molecule has 1 aliphatic rings. The first-order valence-corrected chi connectivity index (χ1v) is 11.6. The molecule has 0 saturated heterocycles. The van der Waals surface area contributed by atoms with Crippen LogP contribution in [0.1, 0.15) is 43.6 Å². The van der Waals surface area contributed by atoms with Crippen LogP contribution in [0.25, 0.3) is 0 Å². The molecule has 0 spiro atoms. The largest absolute Gasteiger partial charge is 0.383 e. The van der Waals surface area contributed by atoms with Crippen LogP contribution >= 0.6 is 0 Å². The summed E-state index contributed by atoms with van der Waals surface area (Å²) in [4.78, 5) is 0. The van der Waals surface area contributed by atoms with Crippen molar-refractivity contribution in [1.82, 2.24) is 0 Å². The first kappa shape index (κ1) is 19.2. The summed E-state index contributed by atoms with van der Waals surface area (Å²) < 4.78 is 53.8. The quantitative estimate of drug-likeness (QED) is 0.680. The van der Waals surface area contributed by atoms with Crippen molar-refractivity contribution in [3.63, 3.8) is 0 Å². The summed E-state index contributed by atoms with van der Waals surface area (Å²) in [5.41, 5.74) is 1.18. The van der Waals surface area contributed by atoms with Crippen LogP contribution in [0.3, 0.4) is 0 Å². The van der Waals surface area contributed by atoms with Gasteiger partial charge in [-0.1, -0.05) is 12.1 Å². The third-order valence-electron chi connectivity index (χ3n) is 4.27. The van der Waals surface area contributed by atoms with Gasteiger partial charge in [-0.15, -0.1) is 0 Å². The second kappa shape index (κ2) is 7.84. The van der Waals surface area contributed by atoms with E-state index in [0.29, 0.717) is 17.6 Å². The molecular formula is C16H24O6S2. The van der Waals surface area contributed by atoms with E-state index in [1.54, 1.807) is 12.1 Å². The minimum absolute atomic E-state index is 0.256. The van der Waals surface area contributed by atoms with Gasteiger partial charge in [-0.25, -0.2) is 0 Å². The fourth-order valence-electron chi connectivity index (χ4n) is 3.12. The average Bonchev–Trinajstić information content (AvgIpc) is 2.46. The molecule has 8 heteroatoms. The van der Waals surface area contributed by atoms with Crippen molar-refractivity contribution in [3.05, 3.63) is 29.8 Å². The summed E-state index contributed by atoms with van der Waals surface area (Å²) in [6.07, 6.45) is 7.02. The summed E-state index contributed by atoms with van der Waals surface area (Å²) >= 11 is 0.